The number of amides is 2. The summed E-state index contributed by atoms with van der Waals surface area (Å²) in [5.41, 5.74) is 5.50. The van der Waals surface area contributed by atoms with E-state index < -0.39 is 30.2 Å². The van der Waals surface area contributed by atoms with Gasteiger partial charge in [-0.1, -0.05) is 5.16 Å². The Morgan fingerprint density at radius 1 is 1.50 bits per heavy atom. The van der Waals surface area contributed by atoms with Crippen LogP contribution in [0.25, 0.3) is 0 Å². The SMILES string of the molecule is COC(=O)C(NC(=O)NCc1nc([C@@H](N)CO)no1)C(C)O. The van der Waals surface area contributed by atoms with Gasteiger partial charge >= 0.3 is 12.0 Å². The van der Waals surface area contributed by atoms with Crippen LogP contribution >= 0.6 is 0 Å². The van der Waals surface area contributed by atoms with E-state index in [9.17, 15) is 14.7 Å². The molecule has 0 aliphatic rings. The van der Waals surface area contributed by atoms with E-state index in [0.717, 1.165) is 7.11 Å². The molecule has 22 heavy (non-hydrogen) atoms. The number of aromatic nitrogens is 2. The molecule has 0 fully saturated rings. The summed E-state index contributed by atoms with van der Waals surface area (Å²) in [6.07, 6.45) is -1.13. The Kier molecular flexibility index (Phi) is 6.69. The van der Waals surface area contributed by atoms with Gasteiger partial charge in [0.15, 0.2) is 11.9 Å². The Balaban J connectivity index is 2.51. The molecule has 0 bridgehead atoms. The van der Waals surface area contributed by atoms with Crippen molar-refractivity contribution in [2.24, 2.45) is 5.73 Å². The van der Waals surface area contributed by atoms with Crippen molar-refractivity contribution in [1.82, 2.24) is 20.8 Å². The lowest BCUT2D eigenvalue weighted by Crippen LogP contribution is -2.51. The number of methoxy groups -OCH3 is 1. The van der Waals surface area contributed by atoms with Crippen molar-refractivity contribution < 1.29 is 29.1 Å². The van der Waals surface area contributed by atoms with Gasteiger partial charge in [-0.2, -0.15) is 4.98 Å². The zero-order valence-electron chi connectivity index (χ0n) is 12.1. The molecule has 1 rings (SSSR count). The monoisotopic (exact) mass is 317 g/mol. The predicted octanol–water partition coefficient (Wildman–Crippen LogP) is -2.22. The van der Waals surface area contributed by atoms with Crippen LogP contribution in [-0.2, 0) is 16.1 Å². The van der Waals surface area contributed by atoms with Crippen LogP contribution in [0.5, 0.6) is 0 Å². The van der Waals surface area contributed by atoms with Crippen molar-refractivity contribution >= 4 is 12.0 Å². The first-order chi connectivity index (χ1) is 10.4. The number of esters is 1. The number of urea groups is 1. The van der Waals surface area contributed by atoms with Crippen LogP contribution in [-0.4, -0.2) is 58.2 Å². The molecule has 2 amide bonds. The second-order valence-corrected chi connectivity index (χ2v) is 4.40. The van der Waals surface area contributed by atoms with Crippen molar-refractivity contribution in [2.75, 3.05) is 13.7 Å². The van der Waals surface area contributed by atoms with E-state index in [-0.39, 0.29) is 24.9 Å². The number of aliphatic hydroxyl groups excluding tert-OH is 2. The molecule has 0 aliphatic carbocycles. The summed E-state index contributed by atoms with van der Waals surface area (Å²) in [5.74, 6) is -0.601. The number of nitrogens with two attached hydrogens (primary N) is 1. The maximum absolute atomic E-state index is 11.7. The Bertz CT molecular complexity index is 505. The molecule has 0 aliphatic heterocycles. The van der Waals surface area contributed by atoms with Crippen LogP contribution in [0.1, 0.15) is 24.7 Å². The number of ether oxygens (including phenoxy) is 1. The van der Waals surface area contributed by atoms with Gasteiger partial charge in [-0.3, -0.25) is 0 Å². The third kappa shape index (κ3) is 4.95. The van der Waals surface area contributed by atoms with Gasteiger partial charge < -0.3 is 35.8 Å². The summed E-state index contributed by atoms with van der Waals surface area (Å²) in [4.78, 5) is 26.9. The summed E-state index contributed by atoms with van der Waals surface area (Å²) >= 11 is 0. The van der Waals surface area contributed by atoms with Gasteiger partial charge in [0.05, 0.1) is 32.4 Å². The van der Waals surface area contributed by atoms with E-state index in [2.05, 4.69) is 25.5 Å². The second-order valence-electron chi connectivity index (χ2n) is 4.40. The second kappa shape index (κ2) is 8.26. The molecule has 0 saturated carbocycles. The van der Waals surface area contributed by atoms with Crippen molar-refractivity contribution in [2.45, 2.75) is 31.7 Å². The molecular formula is C11H19N5O6. The molecule has 11 nitrogen and oxygen atoms in total. The van der Waals surface area contributed by atoms with E-state index in [1.54, 1.807) is 0 Å². The lowest BCUT2D eigenvalue weighted by molar-refractivity contribution is -0.145. The first-order valence-corrected chi connectivity index (χ1v) is 6.38. The topological polar surface area (TPSA) is 173 Å². The summed E-state index contributed by atoms with van der Waals surface area (Å²) < 4.78 is 9.28. The third-order valence-electron chi connectivity index (χ3n) is 2.64. The Morgan fingerprint density at radius 3 is 2.73 bits per heavy atom. The average Bonchev–Trinajstić information content (AvgIpc) is 2.97. The first kappa shape index (κ1) is 17.8. The van der Waals surface area contributed by atoms with E-state index in [0.29, 0.717) is 0 Å². The van der Waals surface area contributed by atoms with Crippen molar-refractivity contribution in [1.29, 1.82) is 0 Å². The van der Waals surface area contributed by atoms with Gasteiger partial charge in [-0.05, 0) is 6.92 Å². The molecule has 2 unspecified atom stereocenters. The van der Waals surface area contributed by atoms with Gasteiger partial charge in [-0.15, -0.1) is 0 Å². The number of rotatable bonds is 7. The molecule has 0 spiro atoms. The highest BCUT2D eigenvalue weighted by Gasteiger charge is 2.26. The zero-order chi connectivity index (χ0) is 16.7. The Hall–Kier alpha value is -2.24. The maximum Gasteiger partial charge on any atom is 0.331 e. The minimum absolute atomic E-state index is 0.0701. The van der Waals surface area contributed by atoms with Gasteiger partial charge in [0.1, 0.15) is 0 Å². The van der Waals surface area contributed by atoms with Crippen LogP contribution in [0.15, 0.2) is 4.52 Å². The van der Waals surface area contributed by atoms with Gasteiger partial charge in [0.25, 0.3) is 0 Å². The zero-order valence-corrected chi connectivity index (χ0v) is 12.1. The highest BCUT2D eigenvalue weighted by molar-refractivity contribution is 5.83. The fourth-order valence-corrected chi connectivity index (χ4v) is 1.42. The minimum Gasteiger partial charge on any atom is -0.467 e. The van der Waals surface area contributed by atoms with E-state index in [1.165, 1.54) is 6.92 Å². The van der Waals surface area contributed by atoms with Gasteiger partial charge in [0.2, 0.25) is 5.89 Å². The predicted molar refractivity (Wildman–Crippen MR) is 71.2 cm³/mol. The fraction of sp³-hybridized carbons (Fsp3) is 0.636. The highest BCUT2D eigenvalue weighted by Crippen LogP contribution is 2.05. The molecule has 11 heteroatoms. The summed E-state index contributed by atoms with van der Waals surface area (Å²) in [5, 5.41) is 26.4. The maximum atomic E-state index is 11.7. The van der Waals surface area contributed by atoms with Crippen LogP contribution in [0.4, 0.5) is 4.79 Å². The molecule has 1 aromatic heterocycles. The number of nitrogens with zero attached hydrogens (tertiary/aromatic N) is 2. The van der Waals surface area contributed by atoms with Crippen LogP contribution in [0, 0.1) is 0 Å². The Morgan fingerprint density at radius 2 is 2.18 bits per heavy atom. The summed E-state index contributed by atoms with van der Waals surface area (Å²) in [7, 11) is 1.14. The van der Waals surface area contributed by atoms with Crippen molar-refractivity contribution in [3.8, 4) is 0 Å². The number of aliphatic hydroxyl groups is 2. The number of carbonyl (C=O) groups excluding carboxylic acids is 2. The van der Waals surface area contributed by atoms with Crippen LogP contribution < -0.4 is 16.4 Å². The molecule has 124 valence electrons. The molecular weight excluding hydrogens is 298 g/mol. The number of nitrogens with one attached hydrogen (secondary N) is 2. The van der Waals surface area contributed by atoms with Gasteiger partial charge in [0, 0.05) is 0 Å². The third-order valence-corrected chi connectivity index (χ3v) is 2.64. The normalized spacial score (nSPS) is 14.8. The standard InChI is InChI=1S/C11H19N5O6/c1-5(18)8(10(19)21-2)15-11(20)13-3-7-14-9(16-22-7)6(12)4-17/h5-6,8,17-18H,3-4,12H2,1-2H3,(H2,13,15,20)/t5?,6-,8?/m0/s1. The quantitative estimate of drug-likeness (QED) is 0.349. The number of hydrogen-bond donors (Lipinski definition) is 5. The van der Waals surface area contributed by atoms with Gasteiger partial charge in [-0.25, -0.2) is 9.59 Å². The number of hydrogen-bond acceptors (Lipinski definition) is 9. The largest absolute Gasteiger partial charge is 0.467 e. The highest BCUT2D eigenvalue weighted by atomic mass is 16.5. The Labute approximate surface area is 125 Å². The van der Waals surface area contributed by atoms with Crippen molar-refractivity contribution in [3.05, 3.63) is 11.7 Å². The van der Waals surface area contributed by atoms with Crippen LogP contribution in [0.3, 0.4) is 0 Å². The smallest absolute Gasteiger partial charge is 0.331 e. The lowest BCUT2D eigenvalue weighted by atomic mass is 10.2. The molecule has 0 saturated heterocycles. The molecule has 0 aromatic carbocycles. The minimum atomic E-state index is -1.20. The average molecular weight is 317 g/mol. The van der Waals surface area contributed by atoms with Crippen molar-refractivity contribution in [3.63, 3.8) is 0 Å². The first-order valence-electron chi connectivity index (χ1n) is 6.38. The van der Waals surface area contributed by atoms with E-state index in [4.69, 9.17) is 15.4 Å². The number of carbonyl (C=O) groups is 2. The molecule has 0 radical (unpaired) electrons. The lowest BCUT2D eigenvalue weighted by Gasteiger charge is -2.18. The summed E-state index contributed by atoms with van der Waals surface area (Å²) in [6.45, 7) is 0.870. The fourth-order valence-electron chi connectivity index (χ4n) is 1.42. The van der Waals surface area contributed by atoms with Crippen LogP contribution in [0.2, 0.25) is 0 Å². The molecule has 6 N–H and O–H groups in total. The molecule has 3 atom stereocenters. The molecule has 1 aromatic rings. The summed E-state index contributed by atoms with van der Waals surface area (Å²) in [6, 6.07) is -2.71. The van der Waals surface area contributed by atoms with E-state index >= 15 is 0 Å². The molecule has 1 heterocycles. The van der Waals surface area contributed by atoms with E-state index in [1.807, 2.05) is 0 Å².